The van der Waals surface area contributed by atoms with Gasteiger partial charge in [-0.3, -0.25) is 4.79 Å². The predicted octanol–water partition coefficient (Wildman–Crippen LogP) is 3.00. The molecule has 0 saturated carbocycles. The fourth-order valence-corrected chi connectivity index (χ4v) is 5.60. The van der Waals surface area contributed by atoms with E-state index in [-0.39, 0.29) is 11.9 Å². The van der Waals surface area contributed by atoms with Gasteiger partial charge in [-0.15, -0.1) is 22.7 Å². The summed E-state index contributed by atoms with van der Waals surface area (Å²) in [5.41, 5.74) is 2.08. The lowest BCUT2D eigenvalue weighted by Gasteiger charge is -2.31. The fraction of sp³-hybridized carbons (Fsp3) is 0.286. The molecule has 2 atom stereocenters. The Kier molecular flexibility index (Phi) is 5.66. The van der Waals surface area contributed by atoms with Crippen molar-refractivity contribution < 1.29 is 19.2 Å². The van der Waals surface area contributed by atoms with Crippen molar-refractivity contribution in [1.29, 1.82) is 0 Å². The summed E-state index contributed by atoms with van der Waals surface area (Å²) in [4.78, 5) is 16.8. The van der Waals surface area contributed by atoms with Crippen molar-refractivity contribution in [1.82, 2.24) is 0 Å². The lowest BCUT2D eigenvalue weighted by Crippen LogP contribution is -3.14. The van der Waals surface area contributed by atoms with E-state index in [2.05, 4.69) is 34.3 Å². The molecule has 1 amide bonds. The highest BCUT2D eigenvalue weighted by atomic mass is 32.1. The summed E-state index contributed by atoms with van der Waals surface area (Å²) in [6.07, 6.45) is 1.02. The van der Waals surface area contributed by atoms with Crippen LogP contribution < -0.4 is 19.7 Å². The lowest BCUT2D eigenvalue weighted by atomic mass is 9.98. The maximum absolute atomic E-state index is 12.8. The summed E-state index contributed by atoms with van der Waals surface area (Å²) in [6, 6.07) is 12.1. The van der Waals surface area contributed by atoms with Crippen LogP contribution in [0.25, 0.3) is 0 Å². The molecule has 2 N–H and O–H groups in total. The molecule has 1 aliphatic heterocycles. The van der Waals surface area contributed by atoms with E-state index in [1.165, 1.54) is 20.2 Å². The normalized spacial score (nSPS) is 18.4. The van der Waals surface area contributed by atoms with E-state index in [0.29, 0.717) is 23.7 Å². The summed E-state index contributed by atoms with van der Waals surface area (Å²) in [5, 5.41) is 7.28. The molecule has 1 aromatic carbocycles. The zero-order valence-electron chi connectivity index (χ0n) is 15.9. The Balaban J connectivity index is 1.51. The van der Waals surface area contributed by atoms with E-state index in [9.17, 15) is 4.79 Å². The summed E-state index contributed by atoms with van der Waals surface area (Å²) in [7, 11) is 3.19. The third kappa shape index (κ3) is 3.78. The standard InChI is InChI=1S/C21H22N2O3S2/c1-25-16-6-5-14(12-17(16)26-2)22-20(24)13-23-9-7-18-15(8-11-28-18)21(23)19-4-3-10-27-19/h3-6,8,10-12,21H,7,9,13H2,1-2H3,(H,22,24)/p+1/t21-/m1/s1. The molecule has 28 heavy (non-hydrogen) atoms. The molecule has 5 nitrogen and oxygen atoms in total. The van der Waals surface area contributed by atoms with Crippen LogP contribution >= 0.6 is 22.7 Å². The Bertz CT molecular complexity index is 952. The van der Waals surface area contributed by atoms with Crippen molar-refractivity contribution in [3.05, 3.63) is 62.5 Å². The number of quaternary nitrogens is 1. The number of anilines is 1. The maximum atomic E-state index is 12.8. The highest BCUT2D eigenvalue weighted by molar-refractivity contribution is 7.10. The third-order valence-electron chi connectivity index (χ3n) is 5.05. The highest BCUT2D eigenvalue weighted by Gasteiger charge is 2.35. The van der Waals surface area contributed by atoms with Gasteiger partial charge in [0.05, 0.1) is 25.6 Å². The number of carbonyl (C=O) groups excluding carboxylic acids is 1. The SMILES string of the molecule is COc1ccc(NC(=O)C[NH+]2CCc3sccc3[C@@H]2c2cccs2)cc1OC. The number of benzene rings is 1. The van der Waals surface area contributed by atoms with Crippen LogP contribution in [0.5, 0.6) is 11.5 Å². The molecule has 0 bridgehead atoms. The van der Waals surface area contributed by atoms with Gasteiger partial charge in [-0.2, -0.15) is 0 Å². The lowest BCUT2D eigenvalue weighted by molar-refractivity contribution is -0.919. The molecule has 7 heteroatoms. The van der Waals surface area contributed by atoms with Gasteiger partial charge in [0.2, 0.25) is 0 Å². The Morgan fingerprint density at radius 3 is 2.75 bits per heavy atom. The van der Waals surface area contributed by atoms with Crippen LogP contribution in [-0.4, -0.2) is 33.2 Å². The van der Waals surface area contributed by atoms with Crippen molar-refractivity contribution in [2.45, 2.75) is 12.5 Å². The van der Waals surface area contributed by atoms with E-state index < -0.39 is 0 Å². The van der Waals surface area contributed by atoms with Gasteiger partial charge in [0.1, 0.15) is 6.04 Å². The minimum atomic E-state index is 0.00227. The minimum absolute atomic E-state index is 0.00227. The van der Waals surface area contributed by atoms with Crippen LogP contribution in [-0.2, 0) is 11.2 Å². The first-order valence-electron chi connectivity index (χ1n) is 9.15. The second-order valence-corrected chi connectivity index (χ2v) is 8.68. The minimum Gasteiger partial charge on any atom is -0.493 e. The summed E-state index contributed by atoms with van der Waals surface area (Å²) in [5.74, 6) is 1.25. The fourth-order valence-electron chi connectivity index (χ4n) is 3.78. The summed E-state index contributed by atoms with van der Waals surface area (Å²) < 4.78 is 10.6. The number of methoxy groups -OCH3 is 2. The van der Waals surface area contributed by atoms with E-state index in [0.717, 1.165) is 13.0 Å². The first-order chi connectivity index (χ1) is 13.7. The molecule has 1 aliphatic rings. The zero-order valence-corrected chi connectivity index (χ0v) is 17.5. The number of fused-ring (bicyclic) bond motifs is 1. The molecule has 0 aliphatic carbocycles. The average molecular weight is 416 g/mol. The molecule has 3 heterocycles. The van der Waals surface area contributed by atoms with Gasteiger partial charge in [0, 0.05) is 28.6 Å². The number of rotatable bonds is 6. The second-order valence-electron chi connectivity index (χ2n) is 6.70. The molecule has 146 valence electrons. The van der Waals surface area contributed by atoms with Gasteiger partial charge in [0.25, 0.3) is 5.91 Å². The highest BCUT2D eigenvalue weighted by Crippen LogP contribution is 2.32. The first kappa shape index (κ1) is 19.0. The largest absolute Gasteiger partial charge is 0.493 e. The maximum Gasteiger partial charge on any atom is 0.279 e. The average Bonchev–Trinajstić information content (AvgIpc) is 3.39. The molecule has 0 fully saturated rings. The molecule has 0 saturated heterocycles. The Morgan fingerprint density at radius 2 is 2.00 bits per heavy atom. The van der Waals surface area contributed by atoms with Crippen LogP contribution in [0.4, 0.5) is 5.69 Å². The number of ether oxygens (including phenoxy) is 2. The molecule has 2 aromatic heterocycles. The molecule has 1 unspecified atom stereocenters. The van der Waals surface area contributed by atoms with E-state index in [1.807, 2.05) is 17.4 Å². The van der Waals surface area contributed by atoms with Crippen LogP contribution in [0.2, 0.25) is 0 Å². The van der Waals surface area contributed by atoms with Crippen LogP contribution in [0.3, 0.4) is 0 Å². The molecular weight excluding hydrogens is 392 g/mol. The molecular formula is C21H23N2O3S2+. The Morgan fingerprint density at radius 1 is 1.14 bits per heavy atom. The third-order valence-corrected chi connectivity index (χ3v) is 6.99. The Labute approximate surface area is 172 Å². The van der Waals surface area contributed by atoms with Gasteiger partial charge < -0.3 is 19.7 Å². The molecule has 4 rings (SSSR count). The first-order valence-corrected chi connectivity index (χ1v) is 10.9. The molecule has 0 radical (unpaired) electrons. The van der Waals surface area contributed by atoms with E-state index in [1.54, 1.807) is 37.7 Å². The summed E-state index contributed by atoms with van der Waals surface area (Å²) >= 11 is 3.58. The number of nitrogens with one attached hydrogen (secondary N) is 2. The van der Waals surface area contributed by atoms with Gasteiger partial charge in [0.15, 0.2) is 18.0 Å². The quantitative estimate of drug-likeness (QED) is 0.651. The van der Waals surface area contributed by atoms with Crippen molar-refractivity contribution in [2.24, 2.45) is 0 Å². The number of hydrogen-bond donors (Lipinski definition) is 2. The van der Waals surface area contributed by atoms with Crippen molar-refractivity contribution in [2.75, 3.05) is 32.6 Å². The number of carbonyl (C=O) groups is 1. The van der Waals surface area contributed by atoms with Gasteiger partial charge in [-0.05, 0) is 35.0 Å². The van der Waals surface area contributed by atoms with Crippen molar-refractivity contribution >= 4 is 34.3 Å². The number of hydrogen-bond acceptors (Lipinski definition) is 5. The summed E-state index contributed by atoms with van der Waals surface area (Å²) in [6.45, 7) is 1.38. The smallest absolute Gasteiger partial charge is 0.279 e. The van der Waals surface area contributed by atoms with Crippen molar-refractivity contribution in [3.63, 3.8) is 0 Å². The van der Waals surface area contributed by atoms with Gasteiger partial charge in [-0.1, -0.05) is 6.07 Å². The second kappa shape index (κ2) is 8.34. The van der Waals surface area contributed by atoms with Gasteiger partial charge in [-0.25, -0.2) is 0 Å². The number of amides is 1. The topological polar surface area (TPSA) is 52.0 Å². The molecule has 0 spiro atoms. The monoisotopic (exact) mass is 415 g/mol. The van der Waals surface area contributed by atoms with Crippen LogP contribution in [0.15, 0.2) is 47.2 Å². The van der Waals surface area contributed by atoms with E-state index >= 15 is 0 Å². The number of thiophene rings is 2. The zero-order chi connectivity index (χ0) is 19.5. The van der Waals surface area contributed by atoms with E-state index in [4.69, 9.17) is 9.47 Å². The Hall–Kier alpha value is -2.35. The predicted molar refractivity (Wildman–Crippen MR) is 113 cm³/mol. The van der Waals surface area contributed by atoms with Crippen LogP contribution in [0, 0.1) is 0 Å². The molecule has 3 aromatic rings. The van der Waals surface area contributed by atoms with Crippen LogP contribution in [0.1, 0.15) is 21.4 Å². The van der Waals surface area contributed by atoms with Crippen molar-refractivity contribution in [3.8, 4) is 11.5 Å². The van der Waals surface area contributed by atoms with Gasteiger partial charge >= 0.3 is 0 Å².